The highest BCUT2D eigenvalue weighted by Gasteiger charge is 2.36. The molecule has 112 valence electrons. The van der Waals surface area contributed by atoms with Gasteiger partial charge in [0, 0.05) is 18.4 Å². The Labute approximate surface area is 131 Å². The van der Waals surface area contributed by atoms with Crippen molar-refractivity contribution in [1.82, 2.24) is 9.55 Å². The van der Waals surface area contributed by atoms with E-state index in [0.717, 1.165) is 16.4 Å². The molecular weight excluding hydrogens is 282 g/mol. The SMILES string of the molecule is CC1CC(C)(C)CC1Nc1cccc(Cl)c1-n1ccnc1. The number of hydrogen-bond donors (Lipinski definition) is 1. The Balaban J connectivity index is 1.92. The van der Waals surface area contributed by atoms with Crippen LogP contribution in [0.15, 0.2) is 36.9 Å². The quantitative estimate of drug-likeness (QED) is 0.885. The maximum atomic E-state index is 6.41. The zero-order valence-electron chi connectivity index (χ0n) is 12.8. The first-order chi connectivity index (χ1) is 9.96. The highest BCUT2D eigenvalue weighted by molar-refractivity contribution is 6.33. The molecule has 2 atom stereocenters. The fourth-order valence-corrected chi connectivity index (χ4v) is 3.84. The van der Waals surface area contributed by atoms with Gasteiger partial charge in [-0.05, 0) is 36.3 Å². The molecule has 3 nitrogen and oxygen atoms in total. The average molecular weight is 304 g/mol. The van der Waals surface area contributed by atoms with Gasteiger partial charge >= 0.3 is 0 Å². The molecule has 1 N–H and O–H groups in total. The maximum absolute atomic E-state index is 6.41. The van der Waals surface area contributed by atoms with Gasteiger partial charge in [-0.3, -0.25) is 0 Å². The Hall–Kier alpha value is -1.48. The minimum Gasteiger partial charge on any atom is -0.380 e. The highest BCUT2D eigenvalue weighted by Crippen LogP contribution is 2.43. The van der Waals surface area contributed by atoms with Crippen LogP contribution in [0.5, 0.6) is 0 Å². The van der Waals surface area contributed by atoms with E-state index >= 15 is 0 Å². The topological polar surface area (TPSA) is 29.9 Å². The molecule has 1 aliphatic carbocycles. The summed E-state index contributed by atoms with van der Waals surface area (Å²) in [6.45, 7) is 7.02. The third kappa shape index (κ3) is 2.93. The van der Waals surface area contributed by atoms with Crippen LogP contribution in [-0.4, -0.2) is 15.6 Å². The number of anilines is 1. The molecular formula is C17H22ClN3. The average Bonchev–Trinajstić information content (AvgIpc) is 2.98. The molecule has 0 bridgehead atoms. The van der Waals surface area contributed by atoms with Crippen LogP contribution >= 0.6 is 11.6 Å². The molecule has 4 heteroatoms. The molecule has 0 radical (unpaired) electrons. The second kappa shape index (κ2) is 5.38. The normalized spacial score (nSPS) is 24.2. The standard InChI is InChI=1S/C17H22ClN3/c1-12-9-17(2,3)10-15(12)20-14-6-4-5-13(18)16(14)21-8-7-19-11-21/h4-8,11-12,15,20H,9-10H2,1-3H3. The number of hydrogen-bond acceptors (Lipinski definition) is 2. The first kappa shape index (κ1) is 14.5. The van der Waals surface area contributed by atoms with Gasteiger partial charge in [-0.1, -0.05) is 38.4 Å². The third-order valence-corrected chi connectivity index (χ3v) is 4.73. The first-order valence-corrected chi connectivity index (χ1v) is 7.87. The molecule has 1 heterocycles. The van der Waals surface area contributed by atoms with E-state index in [-0.39, 0.29) is 0 Å². The van der Waals surface area contributed by atoms with Crippen LogP contribution in [0.25, 0.3) is 5.69 Å². The van der Waals surface area contributed by atoms with E-state index in [1.165, 1.54) is 12.8 Å². The van der Waals surface area contributed by atoms with Crippen molar-refractivity contribution in [3.8, 4) is 5.69 Å². The van der Waals surface area contributed by atoms with Crippen molar-refractivity contribution in [3.05, 3.63) is 41.9 Å². The number of rotatable bonds is 3. The van der Waals surface area contributed by atoms with E-state index in [1.807, 2.05) is 22.9 Å². The second-order valence-corrected chi connectivity index (χ2v) is 7.31. The van der Waals surface area contributed by atoms with Gasteiger partial charge in [-0.15, -0.1) is 0 Å². The van der Waals surface area contributed by atoms with Gasteiger partial charge in [0.15, 0.2) is 0 Å². The lowest BCUT2D eigenvalue weighted by molar-refractivity contribution is 0.366. The van der Waals surface area contributed by atoms with Crippen molar-refractivity contribution in [1.29, 1.82) is 0 Å². The summed E-state index contributed by atoms with van der Waals surface area (Å²) in [5, 5.41) is 4.45. The van der Waals surface area contributed by atoms with E-state index < -0.39 is 0 Å². The van der Waals surface area contributed by atoms with Gasteiger partial charge in [0.1, 0.15) is 0 Å². The van der Waals surface area contributed by atoms with Crippen LogP contribution in [0.1, 0.15) is 33.6 Å². The number of nitrogens with zero attached hydrogens (tertiary/aromatic N) is 2. The summed E-state index contributed by atoms with van der Waals surface area (Å²) in [4.78, 5) is 4.13. The van der Waals surface area contributed by atoms with Crippen LogP contribution in [0.3, 0.4) is 0 Å². The van der Waals surface area contributed by atoms with Gasteiger partial charge in [0.05, 0.1) is 22.7 Å². The number of aromatic nitrogens is 2. The van der Waals surface area contributed by atoms with E-state index in [9.17, 15) is 0 Å². The number of halogens is 1. The van der Waals surface area contributed by atoms with Crippen LogP contribution in [-0.2, 0) is 0 Å². The Morgan fingerprint density at radius 3 is 2.76 bits per heavy atom. The molecule has 0 aliphatic heterocycles. The van der Waals surface area contributed by atoms with Gasteiger partial charge < -0.3 is 9.88 Å². The molecule has 0 spiro atoms. The number of nitrogens with one attached hydrogen (secondary N) is 1. The van der Waals surface area contributed by atoms with E-state index in [0.29, 0.717) is 17.4 Å². The molecule has 3 rings (SSSR count). The first-order valence-electron chi connectivity index (χ1n) is 7.50. The number of para-hydroxylation sites is 1. The Morgan fingerprint density at radius 1 is 1.33 bits per heavy atom. The van der Waals surface area contributed by atoms with Gasteiger partial charge in [-0.25, -0.2) is 4.98 Å². The van der Waals surface area contributed by atoms with Crippen molar-refractivity contribution >= 4 is 17.3 Å². The minimum atomic E-state index is 0.408. The van der Waals surface area contributed by atoms with Crippen molar-refractivity contribution in [2.24, 2.45) is 11.3 Å². The molecule has 1 saturated carbocycles. The lowest BCUT2D eigenvalue weighted by Gasteiger charge is -2.22. The third-order valence-electron chi connectivity index (χ3n) is 4.42. The summed E-state index contributed by atoms with van der Waals surface area (Å²) in [7, 11) is 0. The van der Waals surface area contributed by atoms with Gasteiger partial charge in [-0.2, -0.15) is 0 Å². The van der Waals surface area contributed by atoms with Crippen LogP contribution in [0.2, 0.25) is 5.02 Å². The molecule has 1 aromatic carbocycles. The molecule has 0 amide bonds. The monoisotopic (exact) mass is 303 g/mol. The second-order valence-electron chi connectivity index (χ2n) is 6.91. The molecule has 21 heavy (non-hydrogen) atoms. The predicted molar refractivity (Wildman–Crippen MR) is 88.2 cm³/mol. The molecule has 1 aromatic heterocycles. The number of imidazole rings is 1. The van der Waals surface area contributed by atoms with Crippen molar-refractivity contribution in [3.63, 3.8) is 0 Å². The summed E-state index contributed by atoms with van der Waals surface area (Å²) < 4.78 is 1.97. The largest absolute Gasteiger partial charge is 0.380 e. The summed E-state index contributed by atoms with van der Waals surface area (Å²) in [6, 6.07) is 6.50. The van der Waals surface area contributed by atoms with Crippen molar-refractivity contribution < 1.29 is 0 Å². The van der Waals surface area contributed by atoms with Gasteiger partial charge in [0.25, 0.3) is 0 Å². The molecule has 1 aliphatic rings. The van der Waals surface area contributed by atoms with E-state index in [4.69, 9.17) is 11.6 Å². The predicted octanol–water partition coefficient (Wildman–Crippen LogP) is 4.76. The summed E-state index contributed by atoms with van der Waals surface area (Å²) in [6.07, 6.45) is 7.92. The zero-order chi connectivity index (χ0) is 15.0. The summed E-state index contributed by atoms with van der Waals surface area (Å²) >= 11 is 6.41. The van der Waals surface area contributed by atoms with Crippen LogP contribution < -0.4 is 5.32 Å². The molecule has 1 fully saturated rings. The molecule has 2 unspecified atom stereocenters. The van der Waals surface area contributed by atoms with Crippen LogP contribution in [0, 0.1) is 11.3 Å². The molecule has 2 aromatic rings. The summed E-state index contributed by atoms with van der Waals surface area (Å²) in [5.74, 6) is 0.662. The smallest absolute Gasteiger partial charge is 0.0992 e. The van der Waals surface area contributed by atoms with Crippen LogP contribution in [0.4, 0.5) is 5.69 Å². The fourth-order valence-electron chi connectivity index (χ4n) is 3.57. The maximum Gasteiger partial charge on any atom is 0.0992 e. The van der Waals surface area contributed by atoms with Crippen molar-refractivity contribution in [2.45, 2.75) is 39.7 Å². The Kier molecular flexibility index (Phi) is 3.70. The highest BCUT2D eigenvalue weighted by atomic mass is 35.5. The van der Waals surface area contributed by atoms with Gasteiger partial charge in [0.2, 0.25) is 0 Å². The van der Waals surface area contributed by atoms with Crippen molar-refractivity contribution in [2.75, 3.05) is 5.32 Å². The number of benzene rings is 1. The fraction of sp³-hybridized carbons (Fsp3) is 0.471. The zero-order valence-corrected chi connectivity index (χ0v) is 13.6. The van der Waals surface area contributed by atoms with E-state index in [2.05, 4.69) is 37.1 Å². The molecule has 0 saturated heterocycles. The van der Waals surface area contributed by atoms with E-state index in [1.54, 1.807) is 12.5 Å². The minimum absolute atomic E-state index is 0.408. The lowest BCUT2D eigenvalue weighted by atomic mass is 9.91. The Morgan fingerprint density at radius 2 is 2.14 bits per heavy atom. The Bertz CT molecular complexity index is 619. The summed E-state index contributed by atoms with van der Waals surface area (Å²) in [5.41, 5.74) is 2.47. The lowest BCUT2D eigenvalue weighted by Crippen LogP contribution is -2.23.